The second-order valence-corrected chi connectivity index (χ2v) is 5.45. The van der Waals surface area contributed by atoms with Gasteiger partial charge in [-0.3, -0.25) is 4.90 Å². The number of hydrogen-bond acceptors (Lipinski definition) is 4. The van der Waals surface area contributed by atoms with E-state index in [1.54, 1.807) is 14.2 Å². The molecular weight excluding hydrogens is 230 g/mol. The van der Waals surface area contributed by atoms with E-state index in [1.807, 2.05) is 0 Å². The molecule has 18 heavy (non-hydrogen) atoms. The Kier molecular flexibility index (Phi) is 6.82. The van der Waals surface area contributed by atoms with E-state index in [4.69, 9.17) is 9.47 Å². The van der Waals surface area contributed by atoms with Gasteiger partial charge in [0.15, 0.2) is 0 Å². The van der Waals surface area contributed by atoms with Gasteiger partial charge >= 0.3 is 0 Å². The van der Waals surface area contributed by atoms with Crippen LogP contribution in [0.1, 0.15) is 32.6 Å². The lowest BCUT2D eigenvalue weighted by atomic mass is 9.87. The first-order chi connectivity index (χ1) is 8.67. The summed E-state index contributed by atoms with van der Waals surface area (Å²) in [5.74, 6) is 0. The predicted molar refractivity (Wildman–Crippen MR) is 71.8 cm³/mol. The maximum atomic E-state index is 11.4. The molecule has 1 saturated carbocycles. The normalized spacial score (nSPS) is 20.2. The van der Waals surface area contributed by atoms with Crippen LogP contribution in [0.15, 0.2) is 0 Å². The second kappa shape index (κ2) is 7.87. The summed E-state index contributed by atoms with van der Waals surface area (Å²) < 4.78 is 10.4. The van der Waals surface area contributed by atoms with Crippen LogP contribution in [0.25, 0.3) is 0 Å². The number of nitrogens with zero attached hydrogens (tertiary/aromatic N) is 1. The van der Waals surface area contributed by atoms with E-state index >= 15 is 0 Å². The standard InChI is InChI=1S/C14H27NO3/c1-13(10-18-3)15(8-9-17-2)11-14(12-16)6-4-5-7-14/h12-13H,4-11H2,1-3H3. The smallest absolute Gasteiger partial charge is 0.127 e. The number of hydrogen-bond donors (Lipinski definition) is 0. The van der Waals surface area contributed by atoms with Crippen LogP contribution in [0.5, 0.6) is 0 Å². The van der Waals surface area contributed by atoms with E-state index in [-0.39, 0.29) is 5.41 Å². The van der Waals surface area contributed by atoms with Crippen LogP contribution in [-0.2, 0) is 14.3 Å². The van der Waals surface area contributed by atoms with Crippen LogP contribution in [0.2, 0.25) is 0 Å². The Morgan fingerprint density at radius 1 is 1.28 bits per heavy atom. The van der Waals surface area contributed by atoms with E-state index in [1.165, 1.54) is 19.1 Å². The molecule has 0 spiro atoms. The Hall–Kier alpha value is -0.450. The van der Waals surface area contributed by atoms with Gasteiger partial charge in [0.25, 0.3) is 0 Å². The summed E-state index contributed by atoms with van der Waals surface area (Å²) in [6.45, 7) is 5.23. The van der Waals surface area contributed by atoms with E-state index in [0.717, 1.165) is 25.9 Å². The molecule has 0 bridgehead atoms. The number of aldehydes is 1. The van der Waals surface area contributed by atoms with Crippen molar-refractivity contribution in [2.24, 2.45) is 5.41 Å². The maximum absolute atomic E-state index is 11.4. The minimum absolute atomic E-state index is 0.129. The van der Waals surface area contributed by atoms with Crippen molar-refractivity contribution in [2.45, 2.75) is 38.6 Å². The van der Waals surface area contributed by atoms with Gasteiger partial charge in [-0.2, -0.15) is 0 Å². The average Bonchev–Trinajstić information content (AvgIpc) is 2.84. The van der Waals surface area contributed by atoms with Crippen molar-refractivity contribution in [3.8, 4) is 0 Å². The van der Waals surface area contributed by atoms with Crippen LogP contribution >= 0.6 is 0 Å². The van der Waals surface area contributed by atoms with Gasteiger partial charge in [0.2, 0.25) is 0 Å². The lowest BCUT2D eigenvalue weighted by Crippen LogP contribution is -2.45. The Bertz CT molecular complexity index is 239. The lowest BCUT2D eigenvalue weighted by Gasteiger charge is -2.35. The minimum atomic E-state index is -0.129. The third-order valence-corrected chi connectivity index (χ3v) is 3.98. The van der Waals surface area contributed by atoms with Gasteiger partial charge in [-0.15, -0.1) is 0 Å². The molecule has 0 saturated heterocycles. The molecule has 1 aliphatic rings. The zero-order valence-corrected chi connectivity index (χ0v) is 12.0. The molecule has 0 aromatic rings. The van der Waals surface area contributed by atoms with Crippen LogP contribution in [0.4, 0.5) is 0 Å². The largest absolute Gasteiger partial charge is 0.383 e. The molecule has 1 atom stereocenters. The van der Waals surface area contributed by atoms with Crippen LogP contribution < -0.4 is 0 Å². The van der Waals surface area contributed by atoms with Crippen molar-refractivity contribution in [3.05, 3.63) is 0 Å². The van der Waals surface area contributed by atoms with Crippen molar-refractivity contribution in [1.29, 1.82) is 0 Å². The molecule has 0 aromatic carbocycles. The third-order valence-electron chi connectivity index (χ3n) is 3.98. The van der Waals surface area contributed by atoms with Crippen LogP contribution in [0.3, 0.4) is 0 Å². The summed E-state index contributed by atoms with van der Waals surface area (Å²) in [6, 6.07) is 0.322. The molecule has 106 valence electrons. The monoisotopic (exact) mass is 257 g/mol. The zero-order valence-electron chi connectivity index (χ0n) is 12.0. The Morgan fingerprint density at radius 2 is 1.94 bits per heavy atom. The molecule has 1 aliphatic carbocycles. The van der Waals surface area contributed by atoms with Crippen molar-refractivity contribution < 1.29 is 14.3 Å². The molecule has 0 heterocycles. The summed E-state index contributed by atoms with van der Waals surface area (Å²) in [6.07, 6.45) is 5.59. The summed E-state index contributed by atoms with van der Waals surface area (Å²) in [5, 5.41) is 0. The first kappa shape index (κ1) is 15.6. The Labute approximate surface area is 111 Å². The molecule has 0 aromatic heterocycles. The molecule has 4 heteroatoms. The van der Waals surface area contributed by atoms with E-state index in [9.17, 15) is 4.79 Å². The number of methoxy groups -OCH3 is 2. The van der Waals surface area contributed by atoms with E-state index in [2.05, 4.69) is 11.8 Å². The summed E-state index contributed by atoms with van der Waals surface area (Å²) in [5.41, 5.74) is -0.129. The highest BCUT2D eigenvalue weighted by atomic mass is 16.5. The quantitative estimate of drug-likeness (QED) is 0.590. The van der Waals surface area contributed by atoms with Gasteiger partial charge in [0.1, 0.15) is 6.29 Å². The molecule has 4 nitrogen and oxygen atoms in total. The van der Waals surface area contributed by atoms with Crippen molar-refractivity contribution >= 4 is 6.29 Å². The first-order valence-corrected chi connectivity index (χ1v) is 6.86. The van der Waals surface area contributed by atoms with Gasteiger partial charge < -0.3 is 14.3 Å². The minimum Gasteiger partial charge on any atom is -0.383 e. The van der Waals surface area contributed by atoms with Gasteiger partial charge in [-0.1, -0.05) is 12.8 Å². The number of rotatable bonds is 9. The zero-order chi connectivity index (χ0) is 13.4. The Balaban J connectivity index is 2.60. The summed E-state index contributed by atoms with van der Waals surface area (Å²) in [4.78, 5) is 13.8. The maximum Gasteiger partial charge on any atom is 0.127 e. The molecule has 1 rings (SSSR count). The van der Waals surface area contributed by atoms with Gasteiger partial charge in [-0.25, -0.2) is 0 Å². The van der Waals surface area contributed by atoms with Gasteiger partial charge in [0, 0.05) is 38.8 Å². The third kappa shape index (κ3) is 4.34. The van der Waals surface area contributed by atoms with Crippen molar-refractivity contribution in [3.63, 3.8) is 0 Å². The summed E-state index contributed by atoms with van der Waals surface area (Å²) in [7, 11) is 3.43. The molecule has 1 fully saturated rings. The second-order valence-electron chi connectivity index (χ2n) is 5.45. The predicted octanol–water partition coefficient (Wildman–Crippen LogP) is 1.73. The topological polar surface area (TPSA) is 38.8 Å². The van der Waals surface area contributed by atoms with Crippen LogP contribution in [0, 0.1) is 5.41 Å². The highest BCUT2D eigenvalue weighted by Gasteiger charge is 2.36. The number of carbonyl (C=O) groups is 1. The first-order valence-electron chi connectivity index (χ1n) is 6.86. The summed E-state index contributed by atoms with van der Waals surface area (Å²) >= 11 is 0. The van der Waals surface area contributed by atoms with Crippen molar-refractivity contribution in [2.75, 3.05) is 40.5 Å². The van der Waals surface area contributed by atoms with Crippen molar-refractivity contribution in [1.82, 2.24) is 4.90 Å². The molecule has 0 amide bonds. The SMILES string of the molecule is COCCN(CC1(C=O)CCCC1)C(C)COC. The molecule has 0 aliphatic heterocycles. The van der Waals surface area contributed by atoms with E-state index < -0.39 is 0 Å². The fraction of sp³-hybridized carbons (Fsp3) is 0.929. The highest BCUT2D eigenvalue weighted by Crippen LogP contribution is 2.37. The fourth-order valence-electron chi connectivity index (χ4n) is 2.81. The Morgan fingerprint density at radius 3 is 2.44 bits per heavy atom. The molecular formula is C14H27NO3. The molecule has 0 radical (unpaired) electrons. The molecule has 1 unspecified atom stereocenters. The average molecular weight is 257 g/mol. The van der Waals surface area contributed by atoms with Gasteiger partial charge in [-0.05, 0) is 19.8 Å². The number of ether oxygens (including phenoxy) is 2. The number of carbonyl (C=O) groups excluding carboxylic acids is 1. The lowest BCUT2D eigenvalue weighted by molar-refractivity contribution is -0.117. The van der Waals surface area contributed by atoms with E-state index in [0.29, 0.717) is 19.3 Å². The van der Waals surface area contributed by atoms with Gasteiger partial charge in [0.05, 0.1) is 13.2 Å². The van der Waals surface area contributed by atoms with Crippen LogP contribution in [-0.4, -0.2) is 57.8 Å². The molecule has 0 N–H and O–H groups in total. The fourth-order valence-corrected chi connectivity index (χ4v) is 2.81. The highest BCUT2D eigenvalue weighted by molar-refractivity contribution is 5.60.